The Hall–Kier alpha value is -2.67. The van der Waals surface area contributed by atoms with Crippen molar-refractivity contribution >= 4 is 23.7 Å². The van der Waals surface area contributed by atoms with Gasteiger partial charge in [-0.2, -0.15) is 14.9 Å². The van der Waals surface area contributed by atoms with Crippen molar-refractivity contribution in [1.29, 1.82) is 5.26 Å². The molecule has 0 bridgehead atoms. The molecule has 0 aromatic heterocycles. The molecule has 0 spiro atoms. The van der Waals surface area contributed by atoms with Crippen molar-refractivity contribution in [2.24, 2.45) is 0 Å². The Balaban J connectivity index is 0.000000745. The van der Waals surface area contributed by atoms with Crippen molar-refractivity contribution in [1.82, 2.24) is 0 Å². The highest BCUT2D eigenvalue weighted by Crippen LogP contribution is 2.22. The molecule has 4 nitrogen and oxygen atoms in total. The predicted octanol–water partition coefficient (Wildman–Crippen LogP) is 3.48. The number of hydrogen-bond donors (Lipinski definition) is 0. The molecule has 0 N–H and O–H groups in total. The fourth-order valence-corrected chi connectivity index (χ4v) is 2.24. The molecule has 0 atom stereocenters. The van der Waals surface area contributed by atoms with E-state index in [1.165, 1.54) is 5.56 Å². The average molecular weight is 311 g/mol. The van der Waals surface area contributed by atoms with Crippen molar-refractivity contribution < 1.29 is 14.4 Å². The molecule has 0 saturated heterocycles. The van der Waals surface area contributed by atoms with Crippen LogP contribution < -0.4 is 0 Å². The number of nitriles is 1. The lowest BCUT2D eigenvalue weighted by Crippen LogP contribution is -2.01. The number of aryl methyl sites for hydroxylation is 1. The largest absolute Gasteiger partial charge is 0.373 e. The minimum Gasteiger partial charge on any atom is -0.293 e. The highest BCUT2D eigenvalue weighted by molar-refractivity contribution is 8.04. The molecule has 2 aromatic rings. The number of ketones is 1. The van der Waals surface area contributed by atoms with Gasteiger partial charge in [0.1, 0.15) is 5.40 Å². The van der Waals surface area contributed by atoms with Crippen LogP contribution in [0.5, 0.6) is 0 Å². The summed E-state index contributed by atoms with van der Waals surface area (Å²) < 4.78 is 0. The van der Waals surface area contributed by atoms with Gasteiger partial charge in [-0.05, 0) is 35.9 Å². The number of thioether (sulfide) groups is 1. The number of carbonyl (C=O) groups is 1. The lowest BCUT2D eigenvalue weighted by atomic mass is 10.0. The van der Waals surface area contributed by atoms with Crippen LogP contribution >= 0.6 is 11.8 Å². The van der Waals surface area contributed by atoms with Gasteiger partial charge in [0.2, 0.25) is 0 Å². The first-order valence-corrected chi connectivity index (χ1v) is 7.31. The molecule has 0 heterocycles. The number of nitrogens with zero attached hydrogens (tertiary/aromatic N) is 1. The Morgan fingerprint density at radius 1 is 1.09 bits per heavy atom. The van der Waals surface area contributed by atoms with Crippen LogP contribution in [-0.4, -0.2) is 17.7 Å². The number of thiocyanates is 1. The second kappa shape index (κ2) is 9.30. The smallest absolute Gasteiger partial charge is 0.293 e. The van der Waals surface area contributed by atoms with Gasteiger partial charge in [0, 0.05) is 5.56 Å². The third-order valence-electron chi connectivity index (χ3n) is 2.80. The summed E-state index contributed by atoms with van der Waals surface area (Å²) >= 11 is 0.971. The van der Waals surface area contributed by atoms with Gasteiger partial charge >= 0.3 is 6.15 Å². The first-order chi connectivity index (χ1) is 10.6. The molecule has 5 heteroatoms. The monoisotopic (exact) mass is 311 g/mol. The Morgan fingerprint density at radius 2 is 1.68 bits per heavy atom. The average Bonchev–Trinajstić information content (AvgIpc) is 2.53. The maximum absolute atomic E-state index is 11.9. The zero-order valence-electron chi connectivity index (χ0n) is 11.9. The summed E-state index contributed by atoms with van der Waals surface area (Å²) in [6.45, 7) is 2.04. The van der Waals surface area contributed by atoms with E-state index in [-0.39, 0.29) is 17.7 Å². The van der Waals surface area contributed by atoms with E-state index in [1.807, 2.05) is 48.7 Å². The van der Waals surface area contributed by atoms with E-state index in [1.54, 1.807) is 6.07 Å². The van der Waals surface area contributed by atoms with Crippen LogP contribution in [0.1, 0.15) is 15.9 Å². The van der Waals surface area contributed by atoms with Gasteiger partial charge in [-0.3, -0.25) is 4.79 Å². The topological polar surface area (TPSA) is 75.0 Å². The fraction of sp³-hybridized carbons (Fsp3) is 0.118. The molecule has 0 saturated carbocycles. The van der Waals surface area contributed by atoms with Gasteiger partial charge in [-0.25, -0.2) is 0 Å². The molecule has 22 heavy (non-hydrogen) atoms. The molecule has 2 rings (SSSR count). The second-order valence-electron chi connectivity index (χ2n) is 4.34. The number of benzene rings is 2. The van der Waals surface area contributed by atoms with Crippen molar-refractivity contribution in [3.8, 4) is 16.5 Å². The summed E-state index contributed by atoms with van der Waals surface area (Å²) in [6, 6.07) is 15.7. The lowest BCUT2D eigenvalue weighted by Gasteiger charge is -2.05. The molecule has 0 aliphatic rings. The van der Waals surface area contributed by atoms with Gasteiger partial charge in [-0.1, -0.05) is 48.0 Å². The Bertz CT molecular complexity index is 729. The minimum atomic E-state index is -0.0129. The Labute approximate surface area is 132 Å². The highest BCUT2D eigenvalue weighted by Gasteiger charge is 2.07. The zero-order chi connectivity index (χ0) is 16.4. The van der Waals surface area contributed by atoms with Crippen molar-refractivity contribution in [2.75, 3.05) is 5.75 Å². The van der Waals surface area contributed by atoms with Gasteiger partial charge in [0.25, 0.3) is 0 Å². The second-order valence-corrected chi connectivity index (χ2v) is 5.10. The number of carbonyl (C=O) groups excluding carboxylic acids is 3. The standard InChI is InChI=1S/C16H13NOS.CO2/c1-12-4-2-5-13(8-12)14-6-3-7-15(9-14)16(18)10-19-11-17;2-1-3/h2-9H,10H2,1H3;. The van der Waals surface area contributed by atoms with Crippen LogP contribution in [-0.2, 0) is 9.59 Å². The third kappa shape index (κ3) is 5.37. The highest BCUT2D eigenvalue weighted by atomic mass is 32.2. The summed E-state index contributed by atoms with van der Waals surface area (Å²) in [6.07, 6.45) is 0.250. The summed E-state index contributed by atoms with van der Waals surface area (Å²) in [5.41, 5.74) is 3.97. The van der Waals surface area contributed by atoms with E-state index in [9.17, 15) is 4.79 Å². The van der Waals surface area contributed by atoms with Crippen LogP contribution in [0.3, 0.4) is 0 Å². The van der Waals surface area contributed by atoms with E-state index in [4.69, 9.17) is 14.9 Å². The summed E-state index contributed by atoms with van der Waals surface area (Å²) in [5.74, 6) is 0.189. The van der Waals surface area contributed by atoms with Crippen LogP contribution in [0, 0.1) is 17.6 Å². The quantitative estimate of drug-likeness (QED) is 0.638. The molecule has 0 amide bonds. The van der Waals surface area contributed by atoms with Crippen LogP contribution in [0.4, 0.5) is 0 Å². The van der Waals surface area contributed by atoms with E-state index in [0.29, 0.717) is 5.56 Å². The Morgan fingerprint density at radius 3 is 2.27 bits per heavy atom. The minimum absolute atomic E-state index is 0.0129. The van der Waals surface area contributed by atoms with Gasteiger partial charge in [-0.15, -0.1) is 0 Å². The Kier molecular flexibility index (Phi) is 7.35. The summed E-state index contributed by atoms with van der Waals surface area (Å²) in [7, 11) is 0. The molecule has 0 aliphatic carbocycles. The fourth-order valence-electron chi connectivity index (χ4n) is 1.88. The maximum Gasteiger partial charge on any atom is 0.373 e. The van der Waals surface area contributed by atoms with Crippen LogP contribution in [0.2, 0.25) is 0 Å². The van der Waals surface area contributed by atoms with Gasteiger partial charge in [0.15, 0.2) is 5.78 Å². The molecule has 0 unspecified atom stereocenters. The van der Waals surface area contributed by atoms with E-state index < -0.39 is 0 Å². The lowest BCUT2D eigenvalue weighted by molar-refractivity contribution is -0.191. The van der Waals surface area contributed by atoms with Crippen LogP contribution in [0.15, 0.2) is 48.5 Å². The molecular formula is C17H13NO3S. The van der Waals surface area contributed by atoms with Crippen LogP contribution in [0.25, 0.3) is 11.1 Å². The third-order valence-corrected chi connectivity index (χ3v) is 3.34. The summed E-state index contributed by atoms with van der Waals surface area (Å²) in [4.78, 5) is 28.1. The van der Waals surface area contributed by atoms with Gasteiger partial charge in [0.05, 0.1) is 5.75 Å². The van der Waals surface area contributed by atoms with Gasteiger partial charge < -0.3 is 0 Å². The zero-order valence-corrected chi connectivity index (χ0v) is 12.7. The van der Waals surface area contributed by atoms with E-state index in [0.717, 1.165) is 22.9 Å². The molecular weight excluding hydrogens is 298 g/mol. The molecule has 0 radical (unpaired) electrons. The number of Topliss-reactive ketones (excluding diaryl/α,β-unsaturated/α-hetero) is 1. The molecule has 110 valence electrons. The predicted molar refractivity (Wildman–Crippen MR) is 84.0 cm³/mol. The molecule has 0 aliphatic heterocycles. The first-order valence-electron chi connectivity index (χ1n) is 6.33. The maximum atomic E-state index is 11.9. The number of hydrogen-bond acceptors (Lipinski definition) is 5. The molecule has 2 aromatic carbocycles. The number of rotatable bonds is 4. The van der Waals surface area contributed by atoms with Crippen molar-refractivity contribution in [3.63, 3.8) is 0 Å². The SMILES string of the molecule is Cc1cccc(-c2cccc(C(=O)CSC#N)c2)c1.O=C=O. The van der Waals surface area contributed by atoms with Crippen molar-refractivity contribution in [2.45, 2.75) is 6.92 Å². The first kappa shape index (κ1) is 17.4. The van der Waals surface area contributed by atoms with Crippen molar-refractivity contribution in [3.05, 3.63) is 59.7 Å². The summed E-state index contributed by atoms with van der Waals surface area (Å²) in [5, 5.41) is 10.4. The van der Waals surface area contributed by atoms with E-state index in [2.05, 4.69) is 6.07 Å². The van der Waals surface area contributed by atoms with E-state index >= 15 is 0 Å². The normalized spacial score (nSPS) is 8.91. The molecule has 0 fully saturated rings.